The number of hydrogen-bond acceptors (Lipinski definition) is 2. The van der Waals surface area contributed by atoms with Crippen molar-refractivity contribution >= 4 is 5.91 Å². The molecule has 0 aliphatic heterocycles. The Bertz CT molecular complexity index is 163. The standard InChI is InChI=1S/C8H15NO2/c1-3-4-7(10)5-6(2)8(9)11/h5,7,10H,3-4H2,1-2H3,(H2,9,11). The molecule has 0 aliphatic carbocycles. The van der Waals surface area contributed by atoms with Crippen LogP contribution in [0.2, 0.25) is 0 Å². The number of aliphatic hydroxyl groups is 1. The monoisotopic (exact) mass is 157 g/mol. The topological polar surface area (TPSA) is 63.3 Å². The highest BCUT2D eigenvalue weighted by atomic mass is 16.3. The van der Waals surface area contributed by atoms with Gasteiger partial charge in [0.15, 0.2) is 0 Å². The van der Waals surface area contributed by atoms with Crippen LogP contribution >= 0.6 is 0 Å². The van der Waals surface area contributed by atoms with E-state index in [0.29, 0.717) is 12.0 Å². The van der Waals surface area contributed by atoms with Crippen molar-refractivity contribution < 1.29 is 9.90 Å². The van der Waals surface area contributed by atoms with Gasteiger partial charge in [0, 0.05) is 5.57 Å². The highest BCUT2D eigenvalue weighted by molar-refractivity contribution is 5.91. The fraction of sp³-hybridized carbons (Fsp3) is 0.625. The molecule has 0 radical (unpaired) electrons. The number of carbonyl (C=O) groups is 1. The lowest BCUT2D eigenvalue weighted by Gasteiger charge is -2.03. The SMILES string of the molecule is CCCC(O)C=C(C)C(N)=O. The number of amides is 1. The van der Waals surface area contributed by atoms with Crippen molar-refractivity contribution in [3.63, 3.8) is 0 Å². The van der Waals surface area contributed by atoms with E-state index in [0.717, 1.165) is 6.42 Å². The van der Waals surface area contributed by atoms with Crippen LogP contribution < -0.4 is 5.73 Å². The third-order valence-corrected chi connectivity index (χ3v) is 1.42. The lowest BCUT2D eigenvalue weighted by molar-refractivity contribution is -0.114. The number of rotatable bonds is 4. The fourth-order valence-electron chi connectivity index (χ4n) is 0.750. The Morgan fingerprint density at radius 2 is 2.27 bits per heavy atom. The van der Waals surface area contributed by atoms with Gasteiger partial charge >= 0.3 is 0 Å². The maximum Gasteiger partial charge on any atom is 0.244 e. The van der Waals surface area contributed by atoms with Gasteiger partial charge in [0.25, 0.3) is 0 Å². The Labute approximate surface area is 66.9 Å². The van der Waals surface area contributed by atoms with E-state index in [1.54, 1.807) is 6.92 Å². The summed E-state index contributed by atoms with van der Waals surface area (Å²) in [5, 5.41) is 9.18. The number of primary amides is 1. The van der Waals surface area contributed by atoms with Gasteiger partial charge in [-0.2, -0.15) is 0 Å². The Morgan fingerprint density at radius 1 is 1.73 bits per heavy atom. The number of hydrogen-bond donors (Lipinski definition) is 2. The van der Waals surface area contributed by atoms with Crippen LogP contribution in [0.5, 0.6) is 0 Å². The van der Waals surface area contributed by atoms with E-state index in [2.05, 4.69) is 0 Å². The maximum absolute atomic E-state index is 10.5. The molecule has 1 amide bonds. The molecule has 0 aromatic rings. The molecule has 64 valence electrons. The van der Waals surface area contributed by atoms with Crippen molar-refractivity contribution in [2.45, 2.75) is 32.8 Å². The van der Waals surface area contributed by atoms with Crippen molar-refractivity contribution in [2.75, 3.05) is 0 Å². The summed E-state index contributed by atoms with van der Waals surface area (Å²) in [7, 11) is 0. The van der Waals surface area contributed by atoms with Crippen molar-refractivity contribution in [1.29, 1.82) is 0 Å². The summed E-state index contributed by atoms with van der Waals surface area (Å²) in [4.78, 5) is 10.5. The van der Waals surface area contributed by atoms with Crippen LogP contribution in [0.1, 0.15) is 26.7 Å². The molecular formula is C8H15NO2. The van der Waals surface area contributed by atoms with Crippen LogP contribution in [0, 0.1) is 0 Å². The van der Waals surface area contributed by atoms with E-state index in [4.69, 9.17) is 5.73 Å². The molecule has 0 bridgehead atoms. The van der Waals surface area contributed by atoms with E-state index in [1.807, 2.05) is 6.92 Å². The van der Waals surface area contributed by atoms with Gasteiger partial charge in [0.05, 0.1) is 6.10 Å². The second kappa shape index (κ2) is 4.91. The van der Waals surface area contributed by atoms with Gasteiger partial charge in [-0.15, -0.1) is 0 Å². The van der Waals surface area contributed by atoms with Crippen molar-refractivity contribution in [2.24, 2.45) is 5.73 Å². The highest BCUT2D eigenvalue weighted by Crippen LogP contribution is 2.01. The zero-order valence-electron chi connectivity index (χ0n) is 7.00. The van der Waals surface area contributed by atoms with E-state index in [-0.39, 0.29) is 0 Å². The first-order chi connectivity index (χ1) is 5.07. The van der Waals surface area contributed by atoms with Crippen molar-refractivity contribution in [3.8, 4) is 0 Å². The van der Waals surface area contributed by atoms with E-state index >= 15 is 0 Å². The molecule has 3 N–H and O–H groups in total. The smallest absolute Gasteiger partial charge is 0.244 e. The summed E-state index contributed by atoms with van der Waals surface area (Å²) < 4.78 is 0. The van der Waals surface area contributed by atoms with Crippen molar-refractivity contribution in [1.82, 2.24) is 0 Å². The summed E-state index contributed by atoms with van der Waals surface area (Å²) in [6, 6.07) is 0. The van der Waals surface area contributed by atoms with Crippen LogP contribution in [0.4, 0.5) is 0 Å². The molecule has 0 fully saturated rings. The molecule has 0 aromatic heterocycles. The summed E-state index contributed by atoms with van der Waals surface area (Å²) in [5.74, 6) is -0.472. The number of carbonyl (C=O) groups excluding carboxylic acids is 1. The van der Waals surface area contributed by atoms with Gasteiger partial charge in [-0.25, -0.2) is 0 Å². The lowest BCUT2D eigenvalue weighted by atomic mass is 10.1. The van der Waals surface area contributed by atoms with Crippen LogP contribution in [0.15, 0.2) is 11.6 Å². The number of nitrogens with two attached hydrogens (primary N) is 1. The van der Waals surface area contributed by atoms with Gasteiger partial charge in [-0.1, -0.05) is 13.3 Å². The van der Waals surface area contributed by atoms with Crippen LogP contribution in [-0.4, -0.2) is 17.1 Å². The minimum Gasteiger partial charge on any atom is -0.389 e. The molecule has 0 spiro atoms. The predicted molar refractivity (Wildman–Crippen MR) is 43.9 cm³/mol. The second-order valence-corrected chi connectivity index (χ2v) is 2.57. The summed E-state index contributed by atoms with van der Waals surface area (Å²) in [6.45, 7) is 3.57. The quantitative estimate of drug-likeness (QED) is 0.586. The normalized spacial score (nSPS) is 14.6. The van der Waals surface area contributed by atoms with Gasteiger partial charge in [-0.3, -0.25) is 4.79 Å². The predicted octanol–water partition coefficient (Wildman–Crippen LogP) is 0.579. The summed E-state index contributed by atoms with van der Waals surface area (Å²) in [6.07, 6.45) is 2.52. The van der Waals surface area contributed by atoms with Gasteiger partial charge in [-0.05, 0) is 19.4 Å². The molecule has 3 heteroatoms. The molecule has 0 heterocycles. The molecule has 1 atom stereocenters. The minimum absolute atomic E-state index is 0.422. The third-order valence-electron chi connectivity index (χ3n) is 1.42. The van der Waals surface area contributed by atoms with Crippen LogP contribution in [0.25, 0.3) is 0 Å². The Hall–Kier alpha value is -0.830. The molecule has 0 saturated carbocycles. The molecule has 11 heavy (non-hydrogen) atoms. The summed E-state index contributed by atoms with van der Waals surface area (Å²) >= 11 is 0. The first-order valence-electron chi connectivity index (χ1n) is 3.74. The first kappa shape index (κ1) is 10.2. The van der Waals surface area contributed by atoms with Crippen molar-refractivity contribution in [3.05, 3.63) is 11.6 Å². The molecule has 1 unspecified atom stereocenters. The molecule has 0 aromatic carbocycles. The largest absolute Gasteiger partial charge is 0.389 e. The molecule has 3 nitrogen and oxygen atoms in total. The highest BCUT2D eigenvalue weighted by Gasteiger charge is 2.01. The Morgan fingerprint density at radius 3 is 2.64 bits per heavy atom. The molecule has 0 rings (SSSR count). The van der Waals surface area contributed by atoms with E-state index in [1.165, 1.54) is 6.08 Å². The van der Waals surface area contributed by atoms with E-state index < -0.39 is 12.0 Å². The lowest BCUT2D eigenvalue weighted by Crippen LogP contribution is -2.14. The Balaban J connectivity index is 3.96. The van der Waals surface area contributed by atoms with Gasteiger partial charge in [0.1, 0.15) is 0 Å². The van der Waals surface area contributed by atoms with Crippen LogP contribution in [0.3, 0.4) is 0 Å². The summed E-state index contributed by atoms with van der Waals surface area (Å²) in [5.41, 5.74) is 5.38. The van der Waals surface area contributed by atoms with Gasteiger partial charge in [0.2, 0.25) is 5.91 Å². The minimum atomic E-state index is -0.535. The average molecular weight is 157 g/mol. The third kappa shape index (κ3) is 4.56. The zero-order chi connectivity index (χ0) is 8.85. The molecule has 0 saturated heterocycles. The number of aliphatic hydroxyl groups excluding tert-OH is 1. The molecular weight excluding hydrogens is 142 g/mol. The van der Waals surface area contributed by atoms with E-state index in [9.17, 15) is 9.90 Å². The molecule has 0 aliphatic rings. The second-order valence-electron chi connectivity index (χ2n) is 2.57. The average Bonchev–Trinajstić information content (AvgIpc) is 1.87. The zero-order valence-corrected chi connectivity index (χ0v) is 7.00. The van der Waals surface area contributed by atoms with Crippen LogP contribution in [-0.2, 0) is 4.79 Å². The Kier molecular flexibility index (Phi) is 4.54. The first-order valence-corrected chi connectivity index (χ1v) is 3.74. The fourth-order valence-corrected chi connectivity index (χ4v) is 0.750. The maximum atomic E-state index is 10.5. The van der Waals surface area contributed by atoms with Gasteiger partial charge < -0.3 is 10.8 Å².